The number of hydrogen-bond donors (Lipinski definition) is 1. The number of carbonyl (C=O) groups is 1. The van der Waals surface area contributed by atoms with Crippen LogP contribution in [-0.2, 0) is 0 Å². The van der Waals surface area contributed by atoms with E-state index in [1.165, 1.54) is 6.07 Å². The highest BCUT2D eigenvalue weighted by Crippen LogP contribution is 2.27. The van der Waals surface area contributed by atoms with Crippen LogP contribution >= 0.6 is 11.8 Å². The number of carboxylic acid groups (broad SMARTS) is 1. The van der Waals surface area contributed by atoms with Crippen molar-refractivity contribution < 1.29 is 14.3 Å². The molecule has 0 aliphatic rings. The quantitative estimate of drug-likeness (QED) is 0.891. The molecule has 0 bridgehead atoms. The summed E-state index contributed by atoms with van der Waals surface area (Å²) in [6.07, 6.45) is 0. The van der Waals surface area contributed by atoms with Gasteiger partial charge in [-0.3, -0.25) is 0 Å². The summed E-state index contributed by atoms with van der Waals surface area (Å²) in [6, 6.07) is 3.16. The summed E-state index contributed by atoms with van der Waals surface area (Å²) in [6.45, 7) is 3.45. The second-order valence-corrected chi connectivity index (χ2v) is 4.24. The number of aryl methyl sites for hydroxylation is 2. The van der Waals surface area contributed by atoms with Crippen molar-refractivity contribution in [1.82, 2.24) is 15.2 Å². The number of nitrogens with zero attached hydrogens (tertiary/aromatic N) is 3. The van der Waals surface area contributed by atoms with Gasteiger partial charge in [0.15, 0.2) is 0 Å². The van der Waals surface area contributed by atoms with Crippen molar-refractivity contribution in [1.29, 1.82) is 0 Å². The molecule has 0 amide bonds. The second kappa shape index (κ2) is 4.54. The molecular weight excluding hydrogens is 242 g/mol. The molecule has 17 heavy (non-hydrogen) atoms. The Kier molecular flexibility index (Phi) is 3.10. The highest BCUT2D eigenvalue weighted by Gasteiger charge is 2.15. The topological polar surface area (TPSA) is 89.1 Å². The van der Waals surface area contributed by atoms with E-state index >= 15 is 0 Å². The molecule has 0 aromatic carbocycles. The minimum atomic E-state index is -1.03. The minimum Gasteiger partial charge on any atom is -0.478 e. The van der Waals surface area contributed by atoms with Crippen LogP contribution in [0.1, 0.15) is 21.9 Å². The van der Waals surface area contributed by atoms with Crippen LogP contribution in [0.4, 0.5) is 0 Å². The van der Waals surface area contributed by atoms with Gasteiger partial charge < -0.3 is 9.52 Å². The van der Waals surface area contributed by atoms with Gasteiger partial charge in [0.25, 0.3) is 5.22 Å². The Hall–Kier alpha value is -1.89. The van der Waals surface area contributed by atoms with E-state index in [4.69, 9.17) is 9.52 Å². The molecule has 2 heterocycles. The highest BCUT2D eigenvalue weighted by atomic mass is 32.2. The molecule has 0 saturated heterocycles. The molecule has 0 radical (unpaired) electrons. The van der Waals surface area contributed by atoms with Gasteiger partial charge in [-0.1, -0.05) is 0 Å². The van der Waals surface area contributed by atoms with E-state index in [-0.39, 0.29) is 10.8 Å². The zero-order valence-electron chi connectivity index (χ0n) is 9.17. The molecule has 0 spiro atoms. The summed E-state index contributed by atoms with van der Waals surface area (Å²) in [5.41, 5.74) is 0.852. The lowest BCUT2D eigenvalue weighted by atomic mass is 10.2. The maximum atomic E-state index is 11.0. The molecule has 88 valence electrons. The number of hydrogen-bond acceptors (Lipinski definition) is 6. The maximum absolute atomic E-state index is 11.0. The third-order valence-corrected chi connectivity index (χ3v) is 2.77. The fourth-order valence-corrected chi connectivity index (χ4v) is 2.04. The largest absolute Gasteiger partial charge is 0.478 e. The molecule has 2 aromatic rings. The van der Waals surface area contributed by atoms with E-state index in [1.54, 1.807) is 19.9 Å². The molecule has 0 aliphatic heterocycles. The first-order valence-corrected chi connectivity index (χ1v) is 5.57. The number of aromatic carboxylic acids is 1. The van der Waals surface area contributed by atoms with E-state index < -0.39 is 5.97 Å². The van der Waals surface area contributed by atoms with Crippen molar-refractivity contribution in [3.63, 3.8) is 0 Å². The molecular formula is C10H9N3O3S. The Bertz CT molecular complexity index is 568. The Balaban J connectivity index is 2.37. The number of aromatic nitrogens is 3. The highest BCUT2D eigenvalue weighted by molar-refractivity contribution is 7.99. The van der Waals surface area contributed by atoms with Gasteiger partial charge in [-0.2, -0.15) is 0 Å². The number of rotatable bonds is 3. The van der Waals surface area contributed by atoms with Crippen molar-refractivity contribution in [3.8, 4) is 0 Å². The molecule has 0 saturated carbocycles. The van der Waals surface area contributed by atoms with Crippen molar-refractivity contribution >= 4 is 17.7 Å². The molecule has 7 heteroatoms. The van der Waals surface area contributed by atoms with Crippen LogP contribution in [0.2, 0.25) is 0 Å². The van der Waals surface area contributed by atoms with Crippen molar-refractivity contribution in [2.45, 2.75) is 24.1 Å². The average Bonchev–Trinajstić information content (AvgIpc) is 2.63. The molecule has 2 rings (SSSR count). The van der Waals surface area contributed by atoms with E-state index in [2.05, 4.69) is 15.2 Å². The van der Waals surface area contributed by atoms with Gasteiger partial charge in [-0.05, 0) is 30.8 Å². The van der Waals surface area contributed by atoms with Gasteiger partial charge in [-0.15, -0.1) is 10.2 Å². The molecule has 0 atom stereocenters. The minimum absolute atomic E-state index is 0.122. The number of pyridine rings is 1. The van der Waals surface area contributed by atoms with E-state index in [0.29, 0.717) is 10.9 Å². The van der Waals surface area contributed by atoms with Gasteiger partial charge in [0, 0.05) is 12.6 Å². The van der Waals surface area contributed by atoms with Crippen LogP contribution in [0.25, 0.3) is 0 Å². The van der Waals surface area contributed by atoms with Gasteiger partial charge in [0.1, 0.15) is 5.03 Å². The van der Waals surface area contributed by atoms with Crippen LogP contribution in [-0.4, -0.2) is 26.3 Å². The maximum Gasteiger partial charge on any atom is 0.338 e. The smallest absolute Gasteiger partial charge is 0.338 e. The van der Waals surface area contributed by atoms with E-state index in [1.807, 2.05) is 0 Å². The van der Waals surface area contributed by atoms with E-state index in [0.717, 1.165) is 17.5 Å². The standard InChI is InChI=1S/C10H9N3O3S/c1-5-3-4-7(9(14)15)8(11-5)17-10-13-12-6(2)16-10/h3-4H,1-2H3,(H,14,15). The van der Waals surface area contributed by atoms with Crippen LogP contribution in [0, 0.1) is 13.8 Å². The first kappa shape index (κ1) is 11.6. The zero-order valence-corrected chi connectivity index (χ0v) is 9.98. The van der Waals surface area contributed by atoms with Gasteiger partial charge in [-0.25, -0.2) is 9.78 Å². The predicted octanol–water partition coefficient (Wildman–Crippen LogP) is 1.93. The van der Waals surface area contributed by atoms with Crippen LogP contribution in [0.15, 0.2) is 26.8 Å². The van der Waals surface area contributed by atoms with Gasteiger partial charge in [0.05, 0.1) is 5.56 Å². The molecule has 1 N–H and O–H groups in total. The Morgan fingerprint density at radius 3 is 2.71 bits per heavy atom. The first-order chi connectivity index (χ1) is 8.06. The third kappa shape index (κ3) is 2.62. The van der Waals surface area contributed by atoms with Gasteiger partial charge >= 0.3 is 5.97 Å². The average molecular weight is 251 g/mol. The molecule has 2 aromatic heterocycles. The molecule has 0 fully saturated rings. The summed E-state index contributed by atoms with van der Waals surface area (Å²) in [7, 11) is 0. The third-order valence-electron chi connectivity index (χ3n) is 1.92. The summed E-state index contributed by atoms with van der Waals surface area (Å²) >= 11 is 1.05. The van der Waals surface area contributed by atoms with Crippen molar-refractivity contribution in [2.75, 3.05) is 0 Å². The van der Waals surface area contributed by atoms with Crippen LogP contribution < -0.4 is 0 Å². The lowest BCUT2D eigenvalue weighted by Gasteiger charge is -2.02. The summed E-state index contributed by atoms with van der Waals surface area (Å²) < 4.78 is 5.17. The van der Waals surface area contributed by atoms with Crippen molar-refractivity contribution in [2.24, 2.45) is 0 Å². The summed E-state index contributed by atoms with van der Waals surface area (Å²) in [5.74, 6) is -0.603. The normalized spacial score (nSPS) is 10.5. The lowest BCUT2D eigenvalue weighted by Crippen LogP contribution is -2.01. The predicted molar refractivity (Wildman–Crippen MR) is 59.1 cm³/mol. The first-order valence-electron chi connectivity index (χ1n) is 4.75. The van der Waals surface area contributed by atoms with Crippen LogP contribution in [0.5, 0.6) is 0 Å². The Labute approximate surface area is 101 Å². The van der Waals surface area contributed by atoms with Gasteiger partial charge in [0.2, 0.25) is 5.89 Å². The fourth-order valence-electron chi connectivity index (χ4n) is 1.18. The number of carboxylic acids is 1. The summed E-state index contributed by atoms with van der Waals surface area (Å²) in [4.78, 5) is 15.2. The Morgan fingerprint density at radius 2 is 2.12 bits per heavy atom. The lowest BCUT2D eigenvalue weighted by molar-refractivity contribution is 0.0692. The summed E-state index contributed by atoms with van der Waals surface area (Å²) in [5, 5.41) is 17.1. The Morgan fingerprint density at radius 1 is 1.35 bits per heavy atom. The zero-order chi connectivity index (χ0) is 12.4. The molecule has 6 nitrogen and oxygen atoms in total. The van der Waals surface area contributed by atoms with Crippen LogP contribution in [0.3, 0.4) is 0 Å². The SMILES string of the molecule is Cc1ccc(C(=O)O)c(Sc2nnc(C)o2)n1. The molecule has 0 aliphatic carbocycles. The van der Waals surface area contributed by atoms with E-state index in [9.17, 15) is 4.79 Å². The van der Waals surface area contributed by atoms with Crippen molar-refractivity contribution in [3.05, 3.63) is 29.3 Å². The fraction of sp³-hybridized carbons (Fsp3) is 0.200. The molecule has 0 unspecified atom stereocenters. The monoisotopic (exact) mass is 251 g/mol. The second-order valence-electron chi connectivity index (χ2n) is 3.30.